The number of carbonyl (C=O) groups is 2. The molecule has 0 aromatic heterocycles. The standard InChI is InChI=1S/C21H24FN3O3/c22-17-6-8-18(9-7-17)24-10-12-25(13-11-24)21(28)19(15-26)23-20(27)14-16-4-2-1-3-5-16/h1-9,19,26H,10-15H2,(H,23,27)/t19-/m0/s1. The molecule has 0 saturated carbocycles. The molecule has 2 amide bonds. The second-order valence-corrected chi connectivity index (χ2v) is 6.75. The lowest BCUT2D eigenvalue weighted by Gasteiger charge is -2.37. The lowest BCUT2D eigenvalue weighted by molar-refractivity contribution is -0.137. The summed E-state index contributed by atoms with van der Waals surface area (Å²) in [5.41, 5.74) is 1.75. The van der Waals surface area contributed by atoms with Crippen molar-refractivity contribution in [2.45, 2.75) is 12.5 Å². The van der Waals surface area contributed by atoms with Crippen LogP contribution in [0.5, 0.6) is 0 Å². The Morgan fingerprint density at radius 1 is 1.00 bits per heavy atom. The first kappa shape index (κ1) is 19.8. The van der Waals surface area contributed by atoms with Crippen molar-refractivity contribution in [3.63, 3.8) is 0 Å². The van der Waals surface area contributed by atoms with Gasteiger partial charge >= 0.3 is 0 Å². The minimum absolute atomic E-state index is 0.156. The normalized spacial score (nSPS) is 15.2. The van der Waals surface area contributed by atoms with Gasteiger partial charge in [0.15, 0.2) is 0 Å². The molecule has 1 heterocycles. The van der Waals surface area contributed by atoms with Crippen molar-refractivity contribution in [2.24, 2.45) is 0 Å². The van der Waals surface area contributed by atoms with Crippen LogP contribution in [0.4, 0.5) is 10.1 Å². The van der Waals surface area contributed by atoms with E-state index in [1.54, 1.807) is 17.0 Å². The van der Waals surface area contributed by atoms with Gasteiger partial charge < -0.3 is 20.2 Å². The van der Waals surface area contributed by atoms with Crippen LogP contribution in [0.3, 0.4) is 0 Å². The molecule has 2 aromatic carbocycles. The molecule has 1 fully saturated rings. The van der Waals surface area contributed by atoms with Crippen LogP contribution in [0.2, 0.25) is 0 Å². The number of rotatable bonds is 6. The first-order valence-electron chi connectivity index (χ1n) is 9.30. The van der Waals surface area contributed by atoms with E-state index in [0.717, 1.165) is 11.3 Å². The van der Waals surface area contributed by atoms with Gasteiger partial charge in [0, 0.05) is 31.9 Å². The number of carbonyl (C=O) groups excluding carboxylic acids is 2. The molecule has 0 radical (unpaired) electrons. The predicted molar refractivity (Wildman–Crippen MR) is 104 cm³/mol. The Bertz CT molecular complexity index is 790. The Kier molecular flexibility index (Phi) is 6.60. The Hall–Kier alpha value is -2.93. The minimum Gasteiger partial charge on any atom is -0.394 e. The average Bonchev–Trinajstić information content (AvgIpc) is 2.73. The lowest BCUT2D eigenvalue weighted by atomic mass is 10.1. The SMILES string of the molecule is O=C(Cc1ccccc1)N[C@@H](CO)C(=O)N1CCN(c2ccc(F)cc2)CC1. The third-order valence-corrected chi connectivity index (χ3v) is 4.81. The Morgan fingerprint density at radius 2 is 1.64 bits per heavy atom. The van der Waals surface area contributed by atoms with E-state index in [2.05, 4.69) is 10.2 Å². The molecular formula is C21H24FN3O3. The quantitative estimate of drug-likeness (QED) is 0.784. The molecule has 3 rings (SSSR count). The molecule has 7 heteroatoms. The molecule has 0 spiro atoms. The van der Waals surface area contributed by atoms with Crippen LogP contribution in [-0.4, -0.2) is 60.6 Å². The minimum atomic E-state index is -0.950. The predicted octanol–water partition coefficient (Wildman–Crippen LogP) is 1.19. The number of hydrogen-bond donors (Lipinski definition) is 2. The Balaban J connectivity index is 1.52. The van der Waals surface area contributed by atoms with Crippen LogP contribution in [0.1, 0.15) is 5.56 Å². The van der Waals surface area contributed by atoms with Crippen molar-refractivity contribution in [3.05, 3.63) is 66.0 Å². The van der Waals surface area contributed by atoms with Crippen molar-refractivity contribution in [1.82, 2.24) is 10.2 Å². The van der Waals surface area contributed by atoms with Gasteiger partial charge in [-0.25, -0.2) is 4.39 Å². The summed E-state index contributed by atoms with van der Waals surface area (Å²) < 4.78 is 13.1. The molecule has 148 valence electrons. The largest absolute Gasteiger partial charge is 0.394 e. The van der Waals surface area contributed by atoms with Gasteiger partial charge in [0.2, 0.25) is 11.8 Å². The van der Waals surface area contributed by atoms with Gasteiger partial charge in [-0.1, -0.05) is 30.3 Å². The third-order valence-electron chi connectivity index (χ3n) is 4.81. The van der Waals surface area contributed by atoms with Crippen molar-refractivity contribution >= 4 is 17.5 Å². The number of aliphatic hydroxyl groups excluding tert-OH is 1. The highest BCUT2D eigenvalue weighted by atomic mass is 19.1. The van der Waals surface area contributed by atoms with E-state index < -0.39 is 12.6 Å². The summed E-state index contributed by atoms with van der Waals surface area (Å²) in [6.07, 6.45) is 0.156. The fourth-order valence-electron chi connectivity index (χ4n) is 3.27. The fraction of sp³-hybridized carbons (Fsp3) is 0.333. The molecule has 0 aliphatic carbocycles. The zero-order valence-electron chi connectivity index (χ0n) is 15.6. The van der Waals surface area contributed by atoms with E-state index >= 15 is 0 Å². The summed E-state index contributed by atoms with van der Waals surface area (Å²) in [6, 6.07) is 14.5. The summed E-state index contributed by atoms with van der Waals surface area (Å²) in [4.78, 5) is 28.6. The topological polar surface area (TPSA) is 72.9 Å². The summed E-state index contributed by atoms with van der Waals surface area (Å²) in [5.74, 6) is -0.874. The van der Waals surface area contributed by atoms with E-state index in [1.165, 1.54) is 12.1 Å². The smallest absolute Gasteiger partial charge is 0.247 e. The maximum Gasteiger partial charge on any atom is 0.247 e. The van der Waals surface area contributed by atoms with Crippen LogP contribution < -0.4 is 10.2 Å². The van der Waals surface area contributed by atoms with Crippen molar-refractivity contribution in [3.8, 4) is 0 Å². The number of benzene rings is 2. The maximum atomic E-state index is 13.1. The van der Waals surface area contributed by atoms with Gasteiger partial charge in [0.05, 0.1) is 13.0 Å². The van der Waals surface area contributed by atoms with E-state index in [0.29, 0.717) is 26.2 Å². The van der Waals surface area contributed by atoms with Crippen LogP contribution in [-0.2, 0) is 16.0 Å². The summed E-state index contributed by atoms with van der Waals surface area (Å²) in [5, 5.41) is 12.2. The maximum absolute atomic E-state index is 13.1. The van der Waals surface area contributed by atoms with Crippen LogP contribution in [0.15, 0.2) is 54.6 Å². The fourth-order valence-corrected chi connectivity index (χ4v) is 3.27. The zero-order chi connectivity index (χ0) is 19.9. The van der Waals surface area contributed by atoms with Crippen LogP contribution in [0.25, 0.3) is 0 Å². The Morgan fingerprint density at radius 3 is 2.25 bits per heavy atom. The number of hydrogen-bond acceptors (Lipinski definition) is 4. The van der Waals surface area contributed by atoms with Gasteiger partial charge in [0.1, 0.15) is 11.9 Å². The number of halogens is 1. The second kappa shape index (κ2) is 9.32. The third kappa shape index (κ3) is 5.07. The molecular weight excluding hydrogens is 361 g/mol. The van der Waals surface area contributed by atoms with Crippen molar-refractivity contribution in [1.29, 1.82) is 0 Å². The van der Waals surface area contributed by atoms with Gasteiger partial charge in [-0.15, -0.1) is 0 Å². The molecule has 6 nitrogen and oxygen atoms in total. The van der Waals surface area contributed by atoms with E-state index in [9.17, 15) is 19.1 Å². The summed E-state index contributed by atoms with van der Waals surface area (Å²) in [6.45, 7) is 1.71. The molecule has 0 bridgehead atoms. The number of piperazine rings is 1. The molecule has 2 N–H and O–H groups in total. The van der Waals surface area contributed by atoms with Gasteiger partial charge in [-0.2, -0.15) is 0 Å². The van der Waals surface area contributed by atoms with E-state index in [4.69, 9.17) is 0 Å². The van der Waals surface area contributed by atoms with Crippen molar-refractivity contribution in [2.75, 3.05) is 37.7 Å². The Labute approximate surface area is 163 Å². The molecule has 1 aliphatic rings. The molecule has 28 heavy (non-hydrogen) atoms. The number of nitrogens with zero attached hydrogens (tertiary/aromatic N) is 2. The number of amides is 2. The van der Waals surface area contributed by atoms with Crippen LogP contribution in [0, 0.1) is 5.82 Å². The summed E-state index contributed by atoms with van der Waals surface area (Å²) in [7, 11) is 0. The zero-order valence-corrected chi connectivity index (χ0v) is 15.6. The monoisotopic (exact) mass is 385 g/mol. The molecule has 1 aliphatic heterocycles. The first-order chi connectivity index (χ1) is 13.6. The van der Waals surface area contributed by atoms with Gasteiger partial charge in [0.25, 0.3) is 0 Å². The van der Waals surface area contributed by atoms with E-state index in [-0.39, 0.29) is 24.1 Å². The number of nitrogens with one attached hydrogen (secondary N) is 1. The molecule has 1 atom stereocenters. The highest BCUT2D eigenvalue weighted by Gasteiger charge is 2.28. The van der Waals surface area contributed by atoms with Gasteiger partial charge in [-0.3, -0.25) is 9.59 Å². The lowest BCUT2D eigenvalue weighted by Crippen LogP contribution is -2.56. The molecule has 0 unspecified atom stereocenters. The molecule has 1 saturated heterocycles. The second-order valence-electron chi connectivity index (χ2n) is 6.75. The van der Waals surface area contributed by atoms with Gasteiger partial charge in [-0.05, 0) is 29.8 Å². The van der Waals surface area contributed by atoms with Crippen LogP contribution >= 0.6 is 0 Å². The highest BCUT2D eigenvalue weighted by molar-refractivity contribution is 5.88. The van der Waals surface area contributed by atoms with Crippen molar-refractivity contribution < 1.29 is 19.1 Å². The molecule has 2 aromatic rings. The highest BCUT2D eigenvalue weighted by Crippen LogP contribution is 2.17. The summed E-state index contributed by atoms with van der Waals surface area (Å²) >= 11 is 0. The van der Waals surface area contributed by atoms with E-state index in [1.807, 2.05) is 30.3 Å². The number of aliphatic hydroxyl groups is 1. The first-order valence-corrected chi connectivity index (χ1v) is 9.30. The average molecular weight is 385 g/mol. The number of anilines is 1.